The summed E-state index contributed by atoms with van der Waals surface area (Å²) in [6, 6.07) is 7.53. The Bertz CT molecular complexity index is 941. The average molecular weight is 380 g/mol. The van der Waals surface area contributed by atoms with Gasteiger partial charge in [-0.3, -0.25) is 4.79 Å². The van der Waals surface area contributed by atoms with E-state index in [1.54, 1.807) is 25.1 Å². The highest BCUT2D eigenvalue weighted by atomic mass is 32.2. The van der Waals surface area contributed by atoms with Crippen molar-refractivity contribution in [3.05, 3.63) is 41.5 Å². The molecule has 26 heavy (non-hydrogen) atoms. The maximum Gasteiger partial charge on any atom is 0.259 e. The van der Waals surface area contributed by atoms with Crippen molar-refractivity contribution in [1.82, 2.24) is 0 Å². The first-order valence-electron chi connectivity index (χ1n) is 7.46. The number of nitrogens with one attached hydrogen (secondary N) is 1. The van der Waals surface area contributed by atoms with Gasteiger partial charge >= 0.3 is 0 Å². The minimum Gasteiger partial charge on any atom is -0.493 e. The van der Waals surface area contributed by atoms with E-state index in [9.17, 15) is 13.2 Å². The van der Waals surface area contributed by atoms with Crippen molar-refractivity contribution in [2.24, 2.45) is 5.14 Å². The second-order valence-electron chi connectivity index (χ2n) is 5.36. The topological polar surface area (TPSA) is 117 Å². The van der Waals surface area contributed by atoms with Crippen molar-refractivity contribution in [2.75, 3.05) is 26.6 Å². The summed E-state index contributed by atoms with van der Waals surface area (Å²) in [5, 5.41) is 7.82. The zero-order valence-corrected chi connectivity index (χ0v) is 15.6. The Morgan fingerprint density at radius 1 is 1.00 bits per heavy atom. The van der Waals surface area contributed by atoms with Crippen LogP contribution in [-0.2, 0) is 10.0 Å². The molecule has 1 amide bonds. The second kappa shape index (κ2) is 7.63. The van der Waals surface area contributed by atoms with Crippen LogP contribution in [0.2, 0.25) is 0 Å². The van der Waals surface area contributed by atoms with E-state index in [0.717, 1.165) is 0 Å². The Labute approximate surface area is 151 Å². The third-order valence-electron chi connectivity index (χ3n) is 3.70. The predicted octanol–water partition coefficient (Wildman–Crippen LogP) is 1.92. The number of carbonyl (C=O) groups excluding carboxylic acids is 1. The molecular formula is C17H20N2O6S. The molecule has 0 bridgehead atoms. The van der Waals surface area contributed by atoms with Crippen LogP contribution in [0.4, 0.5) is 5.69 Å². The molecule has 0 heterocycles. The Morgan fingerprint density at radius 3 is 2.19 bits per heavy atom. The molecule has 0 aliphatic carbocycles. The van der Waals surface area contributed by atoms with Crippen LogP contribution in [0.15, 0.2) is 35.2 Å². The van der Waals surface area contributed by atoms with Crippen molar-refractivity contribution >= 4 is 21.6 Å². The predicted molar refractivity (Wildman–Crippen MR) is 96.6 cm³/mol. The van der Waals surface area contributed by atoms with Crippen LogP contribution in [0.5, 0.6) is 17.2 Å². The van der Waals surface area contributed by atoms with Crippen LogP contribution in [0.1, 0.15) is 15.9 Å². The number of ether oxygens (including phenoxy) is 3. The van der Waals surface area contributed by atoms with Gasteiger partial charge in [0.25, 0.3) is 5.91 Å². The fraction of sp³-hybridized carbons (Fsp3) is 0.235. The van der Waals surface area contributed by atoms with Crippen LogP contribution in [-0.4, -0.2) is 35.7 Å². The molecule has 2 aromatic rings. The van der Waals surface area contributed by atoms with Gasteiger partial charge in [-0.2, -0.15) is 0 Å². The molecule has 2 aromatic carbocycles. The van der Waals surface area contributed by atoms with Gasteiger partial charge < -0.3 is 19.5 Å². The summed E-state index contributed by atoms with van der Waals surface area (Å²) in [4.78, 5) is 12.6. The van der Waals surface area contributed by atoms with Gasteiger partial charge in [-0.05, 0) is 36.8 Å². The summed E-state index contributed by atoms with van der Waals surface area (Å²) in [5.41, 5.74) is 0.957. The molecule has 0 spiro atoms. The van der Waals surface area contributed by atoms with Gasteiger partial charge in [0, 0.05) is 5.69 Å². The van der Waals surface area contributed by atoms with Gasteiger partial charge in [-0.25, -0.2) is 13.6 Å². The number of hydrogen-bond donors (Lipinski definition) is 2. The number of aryl methyl sites for hydroxylation is 1. The summed E-state index contributed by atoms with van der Waals surface area (Å²) < 4.78 is 39.0. The van der Waals surface area contributed by atoms with Gasteiger partial charge in [0.2, 0.25) is 15.8 Å². The van der Waals surface area contributed by atoms with Gasteiger partial charge in [-0.15, -0.1) is 0 Å². The molecular weight excluding hydrogens is 360 g/mol. The molecule has 0 aliphatic rings. The molecule has 9 heteroatoms. The van der Waals surface area contributed by atoms with E-state index in [0.29, 0.717) is 11.3 Å². The largest absolute Gasteiger partial charge is 0.493 e. The fourth-order valence-electron chi connectivity index (χ4n) is 2.46. The van der Waals surface area contributed by atoms with Crippen LogP contribution in [0, 0.1) is 6.92 Å². The zero-order chi connectivity index (χ0) is 19.5. The van der Waals surface area contributed by atoms with E-state index in [1.165, 1.54) is 33.5 Å². The molecule has 0 saturated carbocycles. The fourth-order valence-corrected chi connectivity index (χ4v) is 3.27. The van der Waals surface area contributed by atoms with Crippen molar-refractivity contribution in [3.8, 4) is 17.2 Å². The maximum absolute atomic E-state index is 12.6. The molecule has 3 N–H and O–H groups in total. The Kier molecular flexibility index (Phi) is 5.73. The first-order chi connectivity index (χ1) is 12.2. The molecule has 140 valence electrons. The summed E-state index contributed by atoms with van der Waals surface area (Å²) in [6.45, 7) is 1.61. The summed E-state index contributed by atoms with van der Waals surface area (Å²) in [7, 11) is 0.402. The third-order valence-corrected chi connectivity index (χ3v) is 4.75. The van der Waals surface area contributed by atoms with Gasteiger partial charge in [-0.1, -0.05) is 6.07 Å². The van der Waals surface area contributed by atoms with Crippen molar-refractivity contribution in [1.29, 1.82) is 0 Å². The maximum atomic E-state index is 12.6. The molecule has 0 saturated heterocycles. The molecule has 0 aromatic heterocycles. The SMILES string of the molecule is COc1ccc(C(=O)Nc2ccc(C)c(S(N)(=O)=O)c2)c(OC)c1OC. The van der Waals surface area contributed by atoms with Crippen molar-refractivity contribution < 1.29 is 27.4 Å². The van der Waals surface area contributed by atoms with Crippen LogP contribution in [0.25, 0.3) is 0 Å². The van der Waals surface area contributed by atoms with E-state index in [4.69, 9.17) is 19.3 Å². The lowest BCUT2D eigenvalue weighted by atomic mass is 10.1. The number of carbonyl (C=O) groups is 1. The number of nitrogens with two attached hydrogens (primary N) is 1. The normalized spacial score (nSPS) is 11.0. The smallest absolute Gasteiger partial charge is 0.259 e. The number of methoxy groups -OCH3 is 3. The molecule has 0 fully saturated rings. The first kappa shape index (κ1) is 19.5. The Hall–Kier alpha value is -2.78. The van der Waals surface area contributed by atoms with E-state index < -0.39 is 15.9 Å². The molecule has 2 rings (SSSR count). The van der Waals surface area contributed by atoms with Gasteiger partial charge in [0.05, 0.1) is 31.8 Å². The quantitative estimate of drug-likeness (QED) is 0.791. The van der Waals surface area contributed by atoms with Crippen LogP contribution >= 0.6 is 0 Å². The van der Waals surface area contributed by atoms with E-state index in [-0.39, 0.29) is 27.6 Å². The monoisotopic (exact) mass is 380 g/mol. The number of sulfonamides is 1. The highest BCUT2D eigenvalue weighted by molar-refractivity contribution is 7.89. The molecule has 0 atom stereocenters. The number of amides is 1. The highest BCUT2D eigenvalue weighted by Gasteiger charge is 2.21. The summed E-state index contributed by atoms with van der Waals surface area (Å²) >= 11 is 0. The number of benzene rings is 2. The molecule has 0 aliphatic heterocycles. The van der Waals surface area contributed by atoms with Crippen LogP contribution in [0.3, 0.4) is 0 Å². The van der Waals surface area contributed by atoms with Crippen molar-refractivity contribution in [3.63, 3.8) is 0 Å². The van der Waals surface area contributed by atoms with Gasteiger partial charge in [0.1, 0.15) is 0 Å². The Balaban J connectivity index is 2.43. The number of primary sulfonamides is 1. The Morgan fingerprint density at radius 2 is 1.65 bits per heavy atom. The average Bonchev–Trinajstić information content (AvgIpc) is 2.60. The standard InChI is InChI=1S/C17H20N2O6S/c1-10-5-6-11(9-14(10)26(18,21)22)19-17(20)12-7-8-13(23-2)16(25-4)15(12)24-3/h5-9H,1-4H3,(H,19,20)(H2,18,21,22). The highest BCUT2D eigenvalue weighted by Crippen LogP contribution is 2.40. The van der Waals surface area contributed by atoms with E-state index >= 15 is 0 Å². The number of hydrogen-bond acceptors (Lipinski definition) is 6. The third kappa shape index (κ3) is 3.89. The van der Waals surface area contributed by atoms with Crippen LogP contribution < -0.4 is 24.7 Å². The molecule has 8 nitrogen and oxygen atoms in total. The minimum atomic E-state index is -3.90. The van der Waals surface area contributed by atoms with Gasteiger partial charge in [0.15, 0.2) is 11.5 Å². The summed E-state index contributed by atoms with van der Waals surface area (Å²) in [6.07, 6.45) is 0. The minimum absolute atomic E-state index is 0.0606. The van der Waals surface area contributed by atoms with E-state index in [2.05, 4.69) is 5.32 Å². The lowest BCUT2D eigenvalue weighted by Crippen LogP contribution is -2.16. The molecule has 0 unspecified atom stereocenters. The van der Waals surface area contributed by atoms with Crippen molar-refractivity contribution in [2.45, 2.75) is 11.8 Å². The zero-order valence-electron chi connectivity index (χ0n) is 14.8. The lowest BCUT2D eigenvalue weighted by molar-refractivity contribution is 0.102. The van der Waals surface area contributed by atoms with E-state index in [1.807, 2.05) is 0 Å². The second-order valence-corrected chi connectivity index (χ2v) is 6.89. The lowest BCUT2D eigenvalue weighted by Gasteiger charge is -2.16. The first-order valence-corrected chi connectivity index (χ1v) is 9.01. The summed E-state index contributed by atoms with van der Waals surface area (Å²) in [5.74, 6) is 0.375. The number of rotatable bonds is 6. The number of anilines is 1. The molecule has 0 radical (unpaired) electrons.